The standard InChI is InChI=1S/C5H11NO2.2Na.H2O4S/c1-2-3-6-4-5(7)8;;;1-5(2,3)4/h6H,2-4H2,1H3,(H,7,8);;;(H2,1,2,3,4)/q;2*+1;/p-2. The minimum absolute atomic E-state index is 0. The van der Waals surface area contributed by atoms with Crippen LogP contribution < -0.4 is 64.4 Å². The van der Waals surface area contributed by atoms with Crippen LogP contribution in [0.1, 0.15) is 13.3 Å². The predicted molar refractivity (Wildman–Crippen MR) is 41.3 cm³/mol. The fourth-order valence-electron chi connectivity index (χ4n) is 0.372. The van der Waals surface area contributed by atoms with Crippen LogP contribution in [0.5, 0.6) is 0 Å². The van der Waals surface area contributed by atoms with E-state index in [1.807, 2.05) is 6.92 Å². The minimum atomic E-state index is -5.17. The normalized spacial score (nSPS) is 8.73. The van der Waals surface area contributed by atoms with E-state index in [0.29, 0.717) is 0 Å². The van der Waals surface area contributed by atoms with Crippen molar-refractivity contribution in [1.82, 2.24) is 5.32 Å². The maximum atomic E-state index is 9.81. The van der Waals surface area contributed by atoms with E-state index >= 15 is 0 Å². The average Bonchev–Trinajstić information content (AvgIpc) is 1.83. The van der Waals surface area contributed by atoms with Crippen LogP contribution in [0, 0.1) is 0 Å². The Morgan fingerprint density at radius 1 is 1.33 bits per heavy atom. The van der Waals surface area contributed by atoms with Gasteiger partial charge in [-0.2, -0.15) is 0 Å². The first-order chi connectivity index (χ1) is 5.77. The molecule has 2 N–H and O–H groups in total. The molecular formula is C5H11NNa2O6S. The Bertz CT molecular complexity index is 224. The SMILES string of the molecule is CCCNCC(=O)O.O=S(=O)([O-])[O-].[Na+].[Na+]. The predicted octanol–water partition coefficient (Wildman–Crippen LogP) is -7.26. The number of aliphatic carboxylic acids is 1. The monoisotopic (exact) mass is 259 g/mol. The quantitative estimate of drug-likeness (QED) is 0.222. The summed E-state index contributed by atoms with van der Waals surface area (Å²) in [5.41, 5.74) is 0. The first-order valence-electron chi connectivity index (χ1n) is 3.36. The van der Waals surface area contributed by atoms with Crippen LogP contribution in [0.25, 0.3) is 0 Å². The van der Waals surface area contributed by atoms with Gasteiger partial charge in [-0.05, 0) is 13.0 Å². The van der Waals surface area contributed by atoms with Crippen LogP contribution in [0.4, 0.5) is 0 Å². The molecule has 7 nitrogen and oxygen atoms in total. The zero-order valence-corrected chi connectivity index (χ0v) is 13.8. The van der Waals surface area contributed by atoms with Crippen LogP contribution in [0.2, 0.25) is 0 Å². The maximum absolute atomic E-state index is 9.81. The zero-order valence-electron chi connectivity index (χ0n) is 9.02. The van der Waals surface area contributed by atoms with Crippen molar-refractivity contribution in [2.45, 2.75) is 13.3 Å². The summed E-state index contributed by atoms with van der Waals surface area (Å²) in [4.78, 5) is 9.81. The fourth-order valence-corrected chi connectivity index (χ4v) is 0.372. The third-order valence-corrected chi connectivity index (χ3v) is 0.703. The van der Waals surface area contributed by atoms with Crippen molar-refractivity contribution in [1.29, 1.82) is 0 Å². The molecule has 0 amide bonds. The molecule has 80 valence electrons. The van der Waals surface area contributed by atoms with E-state index in [9.17, 15) is 4.79 Å². The Morgan fingerprint density at radius 2 is 1.67 bits per heavy atom. The van der Waals surface area contributed by atoms with Crippen molar-refractivity contribution in [2.24, 2.45) is 0 Å². The van der Waals surface area contributed by atoms with E-state index in [4.69, 9.17) is 22.6 Å². The van der Waals surface area contributed by atoms with Gasteiger partial charge in [-0.15, -0.1) is 0 Å². The molecule has 0 aromatic heterocycles. The third-order valence-electron chi connectivity index (χ3n) is 0.703. The maximum Gasteiger partial charge on any atom is 1.00 e. The molecule has 0 aromatic rings. The van der Waals surface area contributed by atoms with Gasteiger partial charge in [-0.25, -0.2) is 0 Å². The van der Waals surface area contributed by atoms with Gasteiger partial charge in [0.15, 0.2) is 0 Å². The molecular weight excluding hydrogens is 248 g/mol. The summed E-state index contributed by atoms with van der Waals surface area (Å²) in [5.74, 6) is -0.793. The Balaban J connectivity index is -0.0000000770. The Labute approximate surface area is 133 Å². The van der Waals surface area contributed by atoms with Gasteiger partial charge in [-0.3, -0.25) is 13.2 Å². The number of rotatable bonds is 4. The summed E-state index contributed by atoms with van der Waals surface area (Å²) >= 11 is 0. The van der Waals surface area contributed by atoms with Gasteiger partial charge in [0.25, 0.3) is 0 Å². The molecule has 0 aliphatic heterocycles. The molecule has 0 aliphatic carbocycles. The summed E-state index contributed by atoms with van der Waals surface area (Å²) < 4.78 is 34.1. The number of hydrogen-bond donors (Lipinski definition) is 2. The number of nitrogens with one attached hydrogen (secondary N) is 1. The van der Waals surface area contributed by atoms with Crippen molar-refractivity contribution < 1.29 is 86.5 Å². The van der Waals surface area contributed by atoms with E-state index in [1.165, 1.54) is 0 Å². The molecule has 0 atom stereocenters. The van der Waals surface area contributed by atoms with Gasteiger partial charge >= 0.3 is 65.1 Å². The molecule has 15 heavy (non-hydrogen) atoms. The van der Waals surface area contributed by atoms with Gasteiger partial charge in [0.2, 0.25) is 0 Å². The van der Waals surface area contributed by atoms with Crippen LogP contribution >= 0.6 is 0 Å². The van der Waals surface area contributed by atoms with Crippen LogP contribution in [0.15, 0.2) is 0 Å². The topological polar surface area (TPSA) is 130 Å². The molecule has 0 spiro atoms. The second-order valence-electron chi connectivity index (χ2n) is 1.98. The summed E-state index contributed by atoms with van der Waals surface area (Å²) in [6.45, 7) is 2.86. The largest absolute Gasteiger partial charge is 1.00 e. The van der Waals surface area contributed by atoms with Gasteiger partial charge in [0.05, 0.1) is 6.54 Å². The van der Waals surface area contributed by atoms with Crippen LogP contribution in [0.3, 0.4) is 0 Å². The Hall–Kier alpha value is 1.30. The summed E-state index contributed by atoms with van der Waals surface area (Å²) in [6.07, 6.45) is 0.979. The Kier molecular flexibility index (Phi) is 25.7. The molecule has 0 unspecified atom stereocenters. The molecule has 0 saturated heterocycles. The molecule has 0 heterocycles. The summed E-state index contributed by atoms with van der Waals surface area (Å²) in [6, 6.07) is 0. The fraction of sp³-hybridized carbons (Fsp3) is 0.800. The van der Waals surface area contributed by atoms with Crippen molar-refractivity contribution in [3.63, 3.8) is 0 Å². The number of carboxylic acids is 1. The molecule has 0 fully saturated rings. The second kappa shape index (κ2) is 15.3. The van der Waals surface area contributed by atoms with Crippen molar-refractivity contribution in [3.8, 4) is 0 Å². The molecule has 0 bridgehead atoms. The van der Waals surface area contributed by atoms with E-state index < -0.39 is 16.4 Å². The van der Waals surface area contributed by atoms with E-state index in [-0.39, 0.29) is 65.7 Å². The smallest absolute Gasteiger partial charge is 0.759 e. The van der Waals surface area contributed by atoms with Gasteiger partial charge in [0, 0.05) is 10.4 Å². The molecule has 0 rings (SSSR count). The first-order valence-corrected chi connectivity index (χ1v) is 4.70. The molecule has 0 aliphatic rings. The number of carboxylic acid groups (broad SMARTS) is 1. The van der Waals surface area contributed by atoms with Gasteiger partial charge in [0.1, 0.15) is 0 Å². The van der Waals surface area contributed by atoms with Gasteiger partial charge < -0.3 is 19.5 Å². The zero-order chi connectivity index (χ0) is 10.9. The summed E-state index contributed by atoms with van der Waals surface area (Å²) in [5, 5.41) is 10.8. The van der Waals surface area contributed by atoms with Crippen LogP contribution in [-0.2, 0) is 15.2 Å². The van der Waals surface area contributed by atoms with E-state index in [1.54, 1.807) is 0 Å². The van der Waals surface area contributed by atoms with Crippen molar-refractivity contribution in [2.75, 3.05) is 13.1 Å². The van der Waals surface area contributed by atoms with E-state index in [0.717, 1.165) is 13.0 Å². The van der Waals surface area contributed by atoms with Crippen molar-refractivity contribution in [3.05, 3.63) is 0 Å². The van der Waals surface area contributed by atoms with E-state index in [2.05, 4.69) is 5.32 Å². The third kappa shape index (κ3) is 68.2. The molecule has 0 saturated carbocycles. The minimum Gasteiger partial charge on any atom is -0.759 e. The second-order valence-corrected chi connectivity index (χ2v) is 2.80. The van der Waals surface area contributed by atoms with Gasteiger partial charge in [-0.1, -0.05) is 6.92 Å². The molecule has 0 radical (unpaired) electrons. The molecule has 0 aromatic carbocycles. The number of carbonyl (C=O) groups is 1. The number of hydrogen-bond acceptors (Lipinski definition) is 6. The summed E-state index contributed by atoms with van der Waals surface area (Å²) in [7, 11) is -5.17. The van der Waals surface area contributed by atoms with Crippen molar-refractivity contribution >= 4 is 16.4 Å². The average molecular weight is 259 g/mol. The first kappa shape index (κ1) is 25.2. The van der Waals surface area contributed by atoms with Crippen LogP contribution in [-0.4, -0.2) is 41.7 Å². The molecule has 10 heteroatoms. The Morgan fingerprint density at radius 3 is 1.87 bits per heavy atom.